The van der Waals surface area contributed by atoms with Crippen LogP contribution in [0.3, 0.4) is 0 Å². The Bertz CT molecular complexity index is 549. The Hall–Kier alpha value is -2.18. The molecule has 1 aliphatic rings. The van der Waals surface area contributed by atoms with Crippen molar-refractivity contribution in [3.63, 3.8) is 0 Å². The number of ether oxygens (including phenoxy) is 1. The zero-order chi connectivity index (χ0) is 16.8. The lowest BCUT2D eigenvalue weighted by atomic mass is 10.2. The molecule has 1 heterocycles. The molecule has 0 N–H and O–H groups in total. The van der Waals surface area contributed by atoms with E-state index in [1.54, 1.807) is 24.1 Å². The molecule has 2 rings (SSSR count). The minimum Gasteiger partial charge on any atom is -0.435 e. The molecule has 0 saturated carbocycles. The number of rotatable bonds is 7. The summed E-state index contributed by atoms with van der Waals surface area (Å²) in [7, 11) is 1.71. The summed E-state index contributed by atoms with van der Waals surface area (Å²) in [6.07, 6.45) is 3.66. The van der Waals surface area contributed by atoms with Crippen molar-refractivity contribution in [2.24, 2.45) is 5.10 Å². The maximum atomic E-state index is 12.3. The second-order valence-electron chi connectivity index (χ2n) is 5.47. The summed E-state index contributed by atoms with van der Waals surface area (Å²) < 4.78 is 28.5. The van der Waals surface area contributed by atoms with Gasteiger partial charge in [0, 0.05) is 26.2 Å². The highest BCUT2D eigenvalue weighted by molar-refractivity contribution is 5.78. The van der Waals surface area contributed by atoms with E-state index in [0.29, 0.717) is 6.54 Å². The predicted octanol–water partition coefficient (Wildman–Crippen LogP) is 2.72. The summed E-state index contributed by atoms with van der Waals surface area (Å²) in [5.74, 6) is 0.0744. The van der Waals surface area contributed by atoms with Crippen LogP contribution in [0.15, 0.2) is 29.4 Å². The molecule has 0 aromatic heterocycles. The SMILES string of the molecule is CCC1CC=NN1CC(=O)N(C)Cc1ccc(OC(F)F)cc1. The molecule has 1 aromatic carbocycles. The van der Waals surface area contributed by atoms with Crippen LogP contribution in [-0.2, 0) is 11.3 Å². The molecule has 126 valence electrons. The van der Waals surface area contributed by atoms with E-state index in [0.717, 1.165) is 18.4 Å². The minimum absolute atomic E-state index is 0.0320. The first-order valence-electron chi connectivity index (χ1n) is 7.56. The van der Waals surface area contributed by atoms with E-state index in [1.807, 2.05) is 11.2 Å². The molecule has 0 spiro atoms. The average Bonchev–Trinajstić information content (AvgIpc) is 2.95. The summed E-state index contributed by atoms with van der Waals surface area (Å²) in [6, 6.07) is 6.57. The van der Waals surface area contributed by atoms with Crippen LogP contribution in [0.4, 0.5) is 8.78 Å². The van der Waals surface area contributed by atoms with Gasteiger partial charge in [-0.25, -0.2) is 0 Å². The van der Waals surface area contributed by atoms with Crippen LogP contribution in [0.5, 0.6) is 5.75 Å². The quantitative estimate of drug-likeness (QED) is 0.774. The van der Waals surface area contributed by atoms with Gasteiger partial charge in [-0.15, -0.1) is 0 Å². The molecule has 1 unspecified atom stereocenters. The molecule has 7 heteroatoms. The number of benzene rings is 1. The molecule has 1 aromatic rings. The van der Waals surface area contributed by atoms with Crippen molar-refractivity contribution < 1.29 is 18.3 Å². The van der Waals surface area contributed by atoms with Gasteiger partial charge in [0.2, 0.25) is 5.91 Å². The van der Waals surface area contributed by atoms with Gasteiger partial charge in [-0.2, -0.15) is 13.9 Å². The number of hydrogen-bond donors (Lipinski definition) is 0. The molecule has 0 fully saturated rings. The molecule has 0 radical (unpaired) electrons. The first-order valence-corrected chi connectivity index (χ1v) is 7.56. The number of carbonyl (C=O) groups is 1. The smallest absolute Gasteiger partial charge is 0.387 e. The summed E-state index contributed by atoms with van der Waals surface area (Å²) in [5, 5.41) is 6.05. The second kappa shape index (κ2) is 7.89. The number of hydrazone groups is 1. The molecule has 5 nitrogen and oxygen atoms in total. The Morgan fingerprint density at radius 1 is 1.43 bits per heavy atom. The molecule has 0 aliphatic carbocycles. The Morgan fingerprint density at radius 2 is 2.13 bits per heavy atom. The molecule has 1 amide bonds. The number of halogens is 2. The van der Waals surface area contributed by atoms with Gasteiger partial charge in [0.25, 0.3) is 0 Å². The zero-order valence-corrected chi connectivity index (χ0v) is 13.3. The molecular weight excluding hydrogens is 304 g/mol. The van der Waals surface area contributed by atoms with Gasteiger partial charge in [-0.05, 0) is 24.1 Å². The van der Waals surface area contributed by atoms with E-state index in [-0.39, 0.29) is 24.2 Å². The summed E-state index contributed by atoms with van der Waals surface area (Å²) in [4.78, 5) is 13.9. The van der Waals surface area contributed by atoms with Crippen LogP contribution >= 0.6 is 0 Å². The highest BCUT2D eigenvalue weighted by atomic mass is 19.3. The lowest BCUT2D eigenvalue weighted by molar-refractivity contribution is -0.132. The lowest BCUT2D eigenvalue weighted by Gasteiger charge is -2.25. The van der Waals surface area contributed by atoms with Crippen molar-refractivity contribution in [1.82, 2.24) is 9.91 Å². The van der Waals surface area contributed by atoms with Gasteiger partial charge in [0.1, 0.15) is 12.3 Å². The van der Waals surface area contributed by atoms with Gasteiger partial charge in [0.15, 0.2) is 0 Å². The number of hydrogen-bond acceptors (Lipinski definition) is 4. The lowest BCUT2D eigenvalue weighted by Crippen LogP contribution is -2.38. The fraction of sp³-hybridized carbons (Fsp3) is 0.500. The van der Waals surface area contributed by atoms with Crippen molar-refractivity contribution in [2.45, 2.75) is 39.0 Å². The van der Waals surface area contributed by atoms with Crippen molar-refractivity contribution in [3.05, 3.63) is 29.8 Å². The van der Waals surface area contributed by atoms with E-state index < -0.39 is 6.61 Å². The number of alkyl halides is 2. The Balaban J connectivity index is 1.86. The third kappa shape index (κ3) is 4.91. The van der Waals surface area contributed by atoms with Crippen LogP contribution in [-0.4, -0.2) is 48.3 Å². The Labute approximate surface area is 134 Å². The summed E-state index contributed by atoms with van der Waals surface area (Å²) in [6.45, 7) is -0.110. The van der Waals surface area contributed by atoms with Gasteiger partial charge in [-0.3, -0.25) is 9.80 Å². The van der Waals surface area contributed by atoms with Crippen molar-refractivity contribution in [1.29, 1.82) is 0 Å². The number of carbonyl (C=O) groups excluding carboxylic acids is 1. The zero-order valence-electron chi connectivity index (χ0n) is 13.3. The second-order valence-corrected chi connectivity index (χ2v) is 5.47. The van der Waals surface area contributed by atoms with Crippen molar-refractivity contribution in [3.8, 4) is 5.75 Å². The van der Waals surface area contributed by atoms with E-state index in [2.05, 4.69) is 16.8 Å². The van der Waals surface area contributed by atoms with Crippen molar-refractivity contribution in [2.75, 3.05) is 13.6 Å². The van der Waals surface area contributed by atoms with E-state index in [9.17, 15) is 13.6 Å². The van der Waals surface area contributed by atoms with Crippen LogP contribution in [0.1, 0.15) is 25.3 Å². The molecule has 1 atom stereocenters. The largest absolute Gasteiger partial charge is 0.435 e. The number of nitrogens with zero attached hydrogens (tertiary/aromatic N) is 3. The Kier molecular flexibility index (Phi) is 5.90. The topological polar surface area (TPSA) is 45.1 Å². The number of amides is 1. The third-order valence-corrected chi connectivity index (χ3v) is 3.79. The first-order chi connectivity index (χ1) is 11.0. The van der Waals surface area contributed by atoms with Gasteiger partial charge >= 0.3 is 6.61 Å². The first kappa shape index (κ1) is 17.2. The van der Waals surface area contributed by atoms with Crippen LogP contribution in [0, 0.1) is 0 Å². The van der Waals surface area contributed by atoms with Gasteiger partial charge in [0.05, 0.1) is 6.04 Å². The Morgan fingerprint density at radius 3 is 2.74 bits per heavy atom. The van der Waals surface area contributed by atoms with E-state index in [4.69, 9.17) is 0 Å². The van der Waals surface area contributed by atoms with Crippen molar-refractivity contribution >= 4 is 12.1 Å². The molecule has 23 heavy (non-hydrogen) atoms. The summed E-state index contributed by atoms with van der Waals surface area (Å²) in [5.41, 5.74) is 0.847. The van der Waals surface area contributed by atoms with Crippen LogP contribution in [0.25, 0.3) is 0 Å². The number of likely N-dealkylation sites (N-methyl/N-ethyl adjacent to an activating group) is 1. The molecule has 1 aliphatic heterocycles. The standard InChI is InChI=1S/C16H21F2N3O2/c1-3-13-8-9-19-21(13)11-15(22)20(2)10-12-4-6-14(7-5-12)23-16(17)18/h4-7,9,13,16H,3,8,10-11H2,1-2H3. The highest BCUT2D eigenvalue weighted by Gasteiger charge is 2.22. The summed E-state index contributed by atoms with van der Waals surface area (Å²) >= 11 is 0. The normalized spacial score (nSPS) is 16.9. The molecule has 0 bridgehead atoms. The minimum atomic E-state index is -2.84. The third-order valence-electron chi connectivity index (χ3n) is 3.79. The average molecular weight is 325 g/mol. The highest BCUT2D eigenvalue weighted by Crippen LogP contribution is 2.17. The fourth-order valence-corrected chi connectivity index (χ4v) is 2.43. The van der Waals surface area contributed by atoms with Crippen LogP contribution < -0.4 is 4.74 Å². The van der Waals surface area contributed by atoms with Gasteiger partial charge in [-0.1, -0.05) is 19.1 Å². The monoisotopic (exact) mass is 325 g/mol. The molecular formula is C16H21F2N3O2. The maximum Gasteiger partial charge on any atom is 0.387 e. The van der Waals surface area contributed by atoms with Crippen LogP contribution in [0.2, 0.25) is 0 Å². The van der Waals surface area contributed by atoms with E-state index >= 15 is 0 Å². The van der Waals surface area contributed by atoms with Gasteiger partial charge < -0.3 is 9.64 Å². The van der Waals surface area contributed by atoms with E-state index in [1.165, 1.54) is 12.1 Å². The predicted molar refractivity (Wildman–Crippen MR) is 83.4 cm³/mol. The fourth-order valence-electron chi connectivity index (χ4n) is 2.43. The molecule has 0 saturated heterocycles. The maximum absolute atomic E-state index is 12.3.